The Bertz CT molecular complexity index is 1370. The molecule has 3 heterocycles. The van der Waals surface area contributed by atoms with Gasteiger partial charge in [-0.3, -0.25) is 14.5 Å². The van der Waals surface area contributed by atoms with Crippen LogP contribution >= 0.6 is 11.3 Å². The smallest absolute Gasteiger partial charge is 0.321 e. The number of alkyl halides is 6. The summed E-state index contributed by atoms with van der Waals surface area (Å²) in [5.74, 6) is -2.08. The van der Waals surface area contributed by atoms with Crippen molar-refractivity contribution in [2.45, 2.75) is 12.4 Å². The number of anilines is 1. The number of aromatic nitrogens is 4. The second kappa shape index (κ2) is 7.79. The summed E-state index contributed by atoms with van der Waals surface area (Å²) in [6.45, 7) is 0. The third kappa shape index (κ3) is 4.13. The molecule has 0 fully saturated rings. The maximum Gasteiger partial charge on any atom is 0.433 e. The summed E-state index contributed by atoms with van der Waals surface area (Å²) < 4.78 is 95.5. The maximum atomic E-state index is 14.1. The molecule has 0 aliphatic carbocycles. The van der Waals surface area contributed by atoms with Gasteiger partial charge in [0.1, 0.15) is 34.0 Å². The zero-order valence-electron chi connectivity index (χ0n) is 16.2. The van der Waals surface area contributed by atoms with Crippen LogP contribution in [-0.2, 0) is 19.4 Å². The predicted octanol–water partition coefficient (Wildman–Crippen LogP) is 5.52. The highest BCUT2D eigenvalue weighted by Gasteiger charge is 2.43. The van der Waals surface area contributed by atoms with Gasteiger partial charge in [0.2, 0.25) is 0 Å². The molecule has 0 unspecified atom stereocenters. The van der Waals surface area contributed by atoms with Crippen molar-refractivity contribution in [1.29, 1.82) is 0 Å². The van der Waals surface area contributed by atoms with Gasteiger partial charge in [-0.1, -0.05) is 0 Å². The number of halogens is 7. The lowest BCUT2D eigenvalue weighted by molar-refractivity contribution is -0.141. The number of rotatable bonds is 3. The third-order valence-electron chi connectivity index (χ3n) is 4.54. The SMILES string of the molecule is Cn1nc(-c2ccc(F)c3ncsc23)c(C(F)(F)F)c1C(=O)Nc1ccnc(C(F)(F)F)c1. The fraction of sp³-hybridized carbons (Fsp3) is 0.158. The molecule has 4 rings (SSSR count). The minimum absolute atomic E-state index is 0.0921. The van der Waals surface area contributed by atoms with Crippen LogP contribution in [0.3, 0.4) is 0 Å². The van der Waals surface area contributed by atoms with Crippen LogP contribution in [0.5, 0.6) is 0 Å². The fourth-order valence-corrected chi connectivity index (χ4v) is 4.02. The van der Waals surface area contributed by atoms with Crippen molar-refractivity contribution in [2.75, 3.05) is 5.32 Å². The summed E-state index contributed by atoms with van der Waals surface area (Å²) in [6, 6.07) is 3.51. The normalized spacial score (nSPS) is 12.4. The van der Waals surface area contributed by atoms with E-state index in [2.05, 4.69) is 15.1 Å². The summed E-state index contributed by atoms with van der Waals surface area (Å²) in [5.41, 5.74) is -3.75. The monoisotopic (exact) mass is 489 g/mol. The summed E-state index contributed by atoms with van der Waals surface area (Å²) in [6.07, 6.45) is -9.13. The van der Waals surface area contributed by atoms with E-state index >= 15 is 0 Å². The zero-order valence-corrected chi connectivity index (χ0v) is 17.0. The van der Waals surface area contributed by atoms with Crippen LogP contribution in [-0.4, -0.2) is 25.7 Å². The molecule has 0 aliphatic heterocycles. The minimum atomic E-state index is -5.07. The number of carbonyl (C=O) groups is 1. The molecule has 0 atom stereocenters. The molecule has 3 aromatic heterocycles. The summed E-state index contributed by atoms with van der Waals surface area (Å²) in [5, 5.41) is 5.85. The van der Waals surface area contributed by atoms with Crippen molar-refractivity contribution in [3.05, 3.63) is 58.7 Å². The highest BCUT2D eigenvalue weighted by atomic mass is 32.1. The number of thiazole rings is 1. The van der Waals surface area contributed by atoms with Crippen molar-refractivity contribution >= 4 is 33.1 Å². The van der Waals surface area contributed by atoms with Crippen LogP contribution in [0.2, 0.25) is 0 Å². The molecule has 33 heavy (non-hydrogen) atoms. The molecule has 0 radical (unpaired) electrons. The van der Waals surface area contributed by atoms with Crippen molar-refractivity contribution < 1.29 is 35.5 Å². The summed E-state index contributed by atoms with van der Waals surface area (Å²) >= 11 is 0.891. The van der Waals surface area contributed by atoms with E-state index in [9.17, 15) is 35.5 Å². The number of benzene rings is 1. The van der Waals surface area contributed by atoms with Crippen LogP contribution in [0, 0.1) is 5.82 Å². The molecule has 0 saturated heterocycles. The van der Waals surface area contributed by atoms with Crippen molar-refractivity contribution in [1.82, 2.24) is 19.7 Å². The van der Waals surface area contributed by atoms with Gasteiger partial charge in [-0.25, -0.2) is 9.37 Å². The van der Waals surface area contributed by atoms with Gasteiger partial charge in [-0.05, 0) is 24.3 Å². The van der Waals surface area contributed by atoms with Gasteiger partial charge in [0.05, 0.1) is 10.2 Å². The summed E-state index contributed by atoms with van der Waals surface area (Å²) in [4.78, 5) is 19.7. The Balaban J connectivity index is 1.83. The van der Waals surface area contributed by atoms with E-state index in [0.29, 0.717) is 10.7 Å². The number of aryl methyl sites for hydroxylation is 1. The fourth-order valence-electron chi connectivity index (χ4n) is 3.20. The van der Waals surface area contributed by atoms with Crippen LogP contribution < -0.4 is 5.32 Å². The quantitative estimate of drug-likeness (QED) is 0.385. The molecule has 6 nitrogen and oxygen atoms in total. The topological polar surface area (TPSA) is 72.7 Å². The van der Waals surface area contributed by atoms with E-state index in [1.54, 1.807) is 0 Å². The minimum Gasteiger partial charge on any atom is -0.321 e. The van der Waals surface area contributed by atoms with Crippen molar-refractivity contribution in [3.63, 3.8) is 0 Å². The number of carbonyl (C=O) groups excluding carboxylic acids is 1. The number of amides is 1. The second-order valence-corrected chi connectivity index (χ2v) is 7.56. The largest absolute Gasteiger partial charge is 0.433 e. The number of fused-ring (bicyclic) bond motifs is 1. The van der Waals surface area contributed by atoms with Crippen molar-refractivity contribution in [2.24, 2.45) is 7.05 Å². The molecule has 14 heteroatoms. The van der Waals surface area contributed by atoms with Gasteiger partial charge in [0.25, 0.3) is 5.91 Å². The lowest BCUT2D eigenvalue weighted by Crippen LogP contribution is -2.21. The number of nitrogens with zero attached hydrogens (tertiary/aromatic N) is 4. The number of hydrogen-bond acceptors (Lipinski definition) is 5. The summed E-state index contributed by atoms with van der Waals surface area (Å²) in [7, 11) is 1.08. The number of nitrogens with one attached hydrogen (secondary N) is 1. The number of hydrogen-bond donors (Lipinski definition) is 1. The molecule has 0 aliphatic rings. The maximum absolute atomic E-state index is 14.1. The second-order valence-electron chi connectivity index (χ2n) is 6.70. The van der Waals surface area contributed by atoms with E-state index in [4.69, 9.17) is 0 Å². The average Bonchev–Trinajstić information content (AvgIpc) is 3.33. The standard InChI is InChI=1S/C19H10F7N5OS/c1-31-15(17(32)29-8-4-5-27-11(6-8)18(21,22)23)12(19(24,25)26)13(30-31)9-2-3-10(20)14-16(9)33-7-28-14/h2-7H,1H3,(H,27,29,32). The van der Waals surface area contributed by atoms with Gasteiger partial charge in [0.15, 0.2) is 0 Å². The molecule has 4 aromatic rings. The Labute approximate surface area is 183 Å². The van der Waals surface area contributed by atoms with Gasteiger partial charge in [-0.2, -0.15) is 31.4 Å². The molecule has 1 N–H and O–H groups in total. The van der Waals surface area contributed by atoms with Crippen LogP contribution in [0.1, 0.15) is 21.7 Å². The lowest BCUT2D eigenvalue weighted by Gasteiger charge is -2.12. The molecular weight excluding hydrogens is 479 g/mol. The van der Waals surface area contributed by atoms with Gasteiger partial charge in [-0.15, -0.1) is 11.3 Å². The van der Waals surface area contributed by atoms with E-state index in [0.717, 1.165) is 42.8 Å². The Hall–Kier alpha value is -3.55. The first kappa shape index (κ1) is 22.6. The lowest BCUT2D eigenvalue weighted by atomic mass is 10.0. The first-order valence-electron chi connectivity index (χ1n) is 8.88. The first-order chi connectivity index (χ1) is 15.4. The van der Waals surface area contributed by atoms with Crippen LogP contribution in [0.25, 0.3) is 21.5 Å². The van der Waals surface area contributed by atoms with E-state index < -0.39 is 52.4 Å². The molecule has 0 saturated carbocycles. The van der Waals surface area contributed by atoms with E-state index in [-0.39, 0.29) is 15.8 Å². The third-order valence-corrected chi connectivity index (χ3v) is 5.40. The molecule has 0 spiro atoms. The van der Waals surface area contributed by atoms with Gasteiger partial charge in [0, 0.05) is 24.5 Å². The molecule has 1 amide bonds. The van der Waals surface area contributed by atoms with Crippen LogP contribution in [0.15, 0.2) is 36.0 Å². The Kier molecular flexibility index (Phi) is 5.35. The van der Waals surface area contributed by atoms with E-state index in [1.807, 2.05) is 5.32 Å². The predicted molar refractivity (Wildman–Crippen MR) is 104 cm³/mol. The van der Waals surface area contributed by atoms with Gasteiger partial charge < -0.3 is 5.32 Å². The van der Waals surface area contributed by atoms with Gasteiger partial charge >= 0.3 is 12.4 Å². The Morgan fingerprint density at radius 2 is 1.79 bits per heavy atom. The Morgan fingerprint density at radius 1 is 1.06 bits per heavy atom. The molecule has 1 aromatic carbocycles. The highest BCUT2D eigenvalue weighted by molar-refractivity contribution is 7.17. The van der Waals surface area contributed by atoms with Crippen molar-refractivity contribution in [3.8, 4) is 11.3 Å². The van der Waals surface area contributed by atoms with Crippen LogP contribution in [0.4, 0.5) is 36.4 Å². The Morgan fingerprint density at radius 3 is 2.45 bits per heavy atom. The molecular formula is C19H10F7N5OS. The molecule has 172 valence electrons. The zero-order chi connectivity index (χ0) is 24.1. The number of pyridine rings is 1. The average molecular weight is 489 g/mol. The highest BCUT2D eigenvalue weighted by Crippen LogP contribution is 2.42. The van der Waals surface area contributed by atoms with E-state index in [1.165, 1.54) is 5.51 Å². The first-order valence-corrected chi connectivity index (χ1v) is 9.76. The molecule has 0 bridgehead atoms.